The molecule has 0 saturated carbocycles. The minimum Gasteiger partial charge on any atom is -0.355 e. The Morgan fingerprint density at radius 2 is 2.37 bits per heavy atom. The largest absolute Gasteiger partial charge is 0.355 e. The fourth-order valence-corrected chi connectivity index (χ4v) is 2.47. The van der Waals surface area contributed by atoms with Crippen LogP contribution in [0.2, 0.25) is 0 Å². The van der Waals surface area contributed by atoms with Gasteiger partial charge in [-0.05, 0) is 33.0 Å². The lowest BCUT2D eigenvalue weighted by atomic mass is 10.2. The number of pyridine rings is 1. The lowest BCUT2D eigenvalue weighted by Gasteiger charge is -2.23. The van der Waals surface area contributed by atoms with Crippen molar-refractivity contribution in [1.29, 1.82) is 0 Å². The van der Waals surface area contributed by atoms with Crippen LogP contribution in [0.1, 0.15) is 18.9 Å². The molecule has 0 spiro atoms. The zero-order valence-electron chi connectivity index (χ0n) is 11.7. The Labute approximate surface area is 113 Å². The van der Waals surface area contributed by atoms with Crippen LogP contribution in [0.25, 0.3) is 0 Å². The highest BCUT2D eigenvalue weighted by atomic mass is 16.6. The number of anilines is 1. The number of likely N-dealkylation sites (N-methyl/N-ethyl adjacent to an activating group) is 1. The molecule has 0 aliphatic carbocycles. The van der Waals surface area contributed by atoms with Gasteiger partial charge >= 0.3 is 0 Å². The van der Waals surface area contributed by atoms with Crippen molar-refractivity contribution in [3.05, 3.63) is 27.9 Å². The minimum atomic E-state index is -0.385. The van der Waals surface area contributed by atoms with E-state index in [0.717, 1.165) is 31.9 Å². The molecule has 1 aliphatic rings. The highest BCUT2D eigenvalue weighted by Gasteiger charge is 2.26. The van der Waals surface area contributed by atoms with Crippen molar-refractivity contribution in [3.63, 3.8) is 0 Å². The van der Waals surface area contributed by atoms with Gasteiger partial charge in [0.05, 0.1) is 4.92 Å². The number of hydrogen-bond donors (Lipinski definition) is 0. The molecule has 0 radical (unpaired) electrons. The first-order valence-corrected chi connectivity index (χ1v) is 6.59. The molecule has 1 aliphatic heterocycles. The van der Waals surface area contributed by atoms with Crippen LogP contribution in [0.3, 0.4) is 0 Å². The van der Waals surface area contributed by atoms with Gasteiger partial charge in [0, 0.05) is 24.7 Å². The summed E-state index contributed by atoms with van der Waals surface area (Å²) in [5.41, 5.74) is 0.757. The van der Waals surface area contributed by atoms with Crippen LogP contribution < -0.4 is 4.90 Å². The maximum atomic E-state index is 10.8. The SMILES string of the molecule is CCN(C)[C@@H]1CCN(c2cc(C)c([N+](=O)[O-])cn2)C1. The van der Waals surface area contributed by atoms with Crippen molar-refractivity contribution in [2.45, 2.75) is 26.3 Å². The van der Waals surface area contributed by atoms with E-state index in [0.29, 0.717) is 11.6 Å². The van der Waals surface area contributed by atoms with Crippen molar-refractivity contribution < 1.29 is 4.92 Å². The first-order chi connectivity index (χ1) is 9.02. The molecule has 2 heterocycles. The van der Waals surface area contributed by atoms with Crippen LogP contribution in [-0.2, 0) is 0 Å². The number of aryl methyl sites for hydroxylation is 1. The average molecular weight is 264 g/mol. The molecule has 0 bridgehead atoms. The van der Waals surface area contributed by atoms with Crippen LogP contribution in [-0.4, -0.2) is 47.5 Å². The summed E-state index contributed by atoms with van der Waals surface area (Å²) >= 11 is 0. The number of nitro groups is 1. The summed E-state index contributed by atoms with van der Waals surface area (Å²) in [7, 11) is 2.13. The number of nitrogens with zero attached hydrogens (tertiary/aromatic N) is 4. The fourth-order valence-electron chi connectivity index (χ4n) is 2.47. The second-order valence-electron chi connectivity index (χ2n) is 5.05. The van der Waals surface area contributed by atoms with E-state index >= 15 is 0 Å². The molecule has 2 rings (SSSR count). The highest BCUT2D eigenvalue weighted by molar-refractivity contribution is 5.49. The summed E-state index contributed by atoms with van der Waals surface area (Å²) in [6.07, 6.45) is 2.48. The van der Waals surface area contributed by atoms with E-state index in [4.69, 9.17) is 0 Å². The molecule has 0 amide bonds. The van der Waals surface area contributed by atoms with Crippen LogP contribution in [0.5, 0.6) is 0 Å². The van der Waals surface area contributed by atoms with Crippen LogP contribution in [0.15, 0.2) is 12.3 Å². The third-order valence-electron chi connectivity index (χ3n) is 3.87. The van der Waals surface area contributed by atoms with Crippen LogP contribution in [0.4, 0.5) is 11.5 Å². The maximum Gasteiger partial charge on any atom is 0.290 e. The van der Waals surface area contributed by atoms with E-state index in [1.54, 1.807) is 6.92 Å². The topological polar surface area (TPSA) is 62.5 Å². The van der Waals surface area contributed by atoms with E-state index in [1.165, 1.54) is 6.20 Å². The molecule has 0 aromatic carbocycles. The summed E-state index contributed by atoms with van der Waals surface area (Å²) in [6, 6.07) is 2.36. The zero-order valence-corrected chi connectivity index (χ0v) is 11.7. The summed E-state index contributed by atoms with van der Waals surface area (Å²) in [5, 5.41) is 10.8. The molecule has 1 aromatic rings. The van der Waals surface area contributed by atoms with Crippen molar-refractivity contribution >= 4 is 11.5 Å². The summed E-state index contributed by atoms with van der Waals surface area (Å²) in [5.74, 6) is 0.843. The molecule has 1 saturated heterocycles. The Morgan fingerprint density at radius 1 is 1.63 bits per heavy atom. The summed E-state index contributed by atoms with van der Waals surface area (Å²) < 4.78 is 0. The zero-order chi connectivity index (χ0) is 14.0. The smallest absolute Gasteiger partial charge is 0.290 e. The van der Waals surface area contributed by atoms with Crippen molar-refractivity contribution in [2.24, 2.45) is 0 Å². The number of aromatic nitrogens is 1. The molecule has 0 unspecified atom stereocenters. The van der Waals surface area contributed by atoms with Gasteiger partial charge < -0.3 is 9.80 Å². The van der Waals surface area contributed by atoms with Gasteiger partial charge in [-0.15, -0.1) is 0 Å². The number of rotatable bonds is 4. The molecular weight excluding hydrogens is 244 g/mol. The first-order valence-electron chi connectivity index (χ1n) is 6.59. The Balaban J connectivity index is 2.12. The van der Waals surface area contributed by atoms with Crippen LogP contribution >= 0.6 is 0 Å². The van der Waals surface area contributed by atoms with E-state index in [2.05, 4.69) is 28.8 Å². The second-order valence-corrected chi connectivity index (χ2v) is 5.05. The predicted molar refractivity (Wildman–Crippen MR) is 74.6 cm³/mol. The van der Waals surface area contributed by atoms with E-state index in [-0.39, 0.29) is 10.6 Å². The highest BCUT2D eigenvalue weighted by Crippen LogP contribution is 2.25. The van der Waals surface area contributed by atoms with Gasteiger partial charge in [-0.3, -0.25) is 10.1 Å². The number of hydrogen-bond acceptors (Lipinski definition) is 5. The fraction of sp³-hybridized carbons (Fsp3) is 0.615. The third kappa shape index (κ3) is 2.84. The standard InChI is InChI=1S/C13H20N4O2/c1-4-15(3)11-5-6-16(9-11)13-7-10(2)12(8-14-13)17(18)19/h7-8,11H,4-6,9H2,1-3H3/t11-/m1/s1. The van der Waals surface area contributed by atoms with E-state index in [9.17, 15) is 10.1 Å². The molecule has 1 fully saturated rings. The van der Waals surface area contributed by atoms with E-state index < -0.39 is 0 Å². The quantitative estimate of drug-likeness (QED) is 0.613. The normalized spacial score (nSPS) is 19.2. The first kappa shape index (κ1) is 13.7. The molecule has 6 heteroatoms. The molecular formula is C13H20N4O2. The Kier molecular flexibility index (Phi) is 3.99. The second kappa shape index (κ2) is 5.52. The van der Waals surface area contributed by atoms with Crippen LogP contribution in [0, 0.1) is 17.0 Å². The summed E-state index contributed by atoms with van der Waals surface area (Å²) in [6.45, 7) is 6.84. The predicted octanol–water partition coefficient (Wildman–Crippen LogP) is 1.83. The average Bonchev–Trinajstić information content (AvgIpc) is 2.86. The lowest BCUT2D eigenvalue weighted by molar-refractivity contribution is -0.385. The lowest BCUT2D eigenvalue weighted by Crippen LogP contribution is -2.34. The van der Waals surface area contributed by atoms with Crippen molar-refractivity contribution in [1.82, 2.24) is 9.88 Å². The molecule has 6 nitrogen and oxygen atoms in total. The maximum absolute atomic E-state index is 10.8. The summed E-state index contributed by atoms with van der Waals surface area (Å²) in [4.78, 5) is 19.2. The Hall–Kier alpha value is -1.69. The molecule has 0 N–H and O–H groups in total. The Morgan fingerprint density at radius 3 is 2.95 bits per heavy atom. The molecule has 19 heavy (non-hydrogen) atoms. The van der Waals surface area contributed by atoms with E-state index in [1.807, 2.05) is 6.07 Å². The molecule has 1 atom stereocenters. The van der Waals surface area contributed by atoms with Crippen molar-refractivity contribution in [3.8, 4) is 0 Å². The minimum absolute atomic E-state index is 0.0881. The van der Waals surface area contributed by atoms with Crippen molar-refractivity contribution in [2.75, 3.05) is 31.6 Å². The molecule has 104 valence electrons. The van der Waals surface area contributed by atoms with Gasteiger partial charge in [0.15, 0.2) is 0 Å². The van der Waals surface area contributed by atoms with Gasteiger partial charge in [-0.1, -0.05) is 6.92 Å². The van der Waals surface area contributed by atoms with Gasteiger partial charge in [-0.2, -0.15) is 0 Å². The van der Waals surface area contributed by atoms with Gasteiger partial charge in [0.1, 0.15) is 12.0 Å². The monoisotopic (exact) mass is 264 g/mol. The Bertz CT molecular complexity index is 478. The third-order valence-corrected chi connectivity index (χ3v) is 3.87. The van der Waals surface area contributed by atoms with Gasteiger partial charge in [-0.25, -0.2) is 4.98 Å². The van der Waals surface area contributed by atoms with Gasteiger partial charge in [0.2, 0.25) is 0 Å². The molecule has 1 aromatic heterocycles. The van der Waals surface area contributed by atoms with Gasteiger partial charge in [0.25, 0.3) is 5.69 Å².